The molecule has 1 fully saturated rings. The number of aromatic nitrogens is 2. The number of ether oxygens (including phenoxy) is 1. The van der Waals surface area contributed by atoms with Gasteiger partial charge in [-0.25, -0.2) is 9.97 Å². The highest BCUT2D eigenvalue weighted by molar-refractivity contribution is 5.92. The van der Waals surface area contributed by atoms with Gasteiger partial charge in [-0.3, -0.25) is 4.79 Å². The van der Waals surface area contributed by atoms with E-state index >= 15 is 0 Å². The van der Waals surface area contributed by atoms with E-state index in [0.717, 1.165) is 68.2 Å². The van der Waals surface area contributed by atoms with Crippen molar-refractivity contribution < 1.29 is 9.53 Å². The van der Waals surface area contributed by atoms with E-state index in [4.69, 9.17) is 4.74 Å². The van der Waals surface area contributed by atoms with Crippen molar-refractivity contribution in [3.63, 3.8) is 0 Å². The van der Waals surface area contributed by atoms with Crippen LogP contribution >= 0.6 is 0 Å². The molecule has 178 valence electrons. The van der Waals surface area contributed by atoms with Crippen molar-refractivity contribution in [1.82, 2.24) is 9.97 Å². The van der Waals surface area contributed by atoms with E-state index in [1.807, 2.05) is 42.5 Å². The van der Waals surface area contributed by atoms with Crippen LogP contribution in [0.25, 0.3) is 11.3 Å². The molecule has 0 radical (unpaired) electrons. The zero-order valence-electron chi connectivity index (χ0n) is 20.0. The number of anilines is 4. The summed E-state index contributed by atoms with van der Waals surface area (Å²) < 4.78 is 5.43. The van der Waals surface area contributed by atoms with Gasteiger partial charge in [-0.2, -0.15) is 0 Å². The third kappa shape index (κ3) is 6.11. The number of nitrogens with one attached hydrogen (secondary N) is 2. The van der Waals surface area contributed by atoms with Gasteiger partial charge in [0.2, 0.25) is 11.9 Å². The molecule has 0 bridgehead atoms. The SMILES string of the molecule is CCCC(CC)C(=O)Nc1ccc(-c2ccnc(Nc3ccc(N4CCOCC4)cc3)n2)cc1. The highest BCUT2D eigenvalue weighted by atomic mass is 16.5. The molecule has 0 aliphatic carbocycles. The van der Waals surface area contributed by atoms with Crippen LogP contribution in [0.2, 0.25) is 0 Å². The first-order chi connectivity index (χ1) is 16.7. The van der Waals surface area contributed by atoms with Gasteiger partial charge in [-0.1, -0.05) is 32.4 Å². The molecule has 0 spiro atoms. The molecule has 7 nitrogen and oxygen atoms in total. The first-order valence-electron chi connectivity index (χ1n) is 12.1. The molecule has 1 aliphatic rings. The molecule has 2 aromatic carbocycles. The normalized spacial score (nSPS) is 14.5. The Morgan fingerprint density at radius 3 is 2.38 bits per heavy atom. The van der Waals surface area contributed by atoms with Crippen molar-refractivity contribution >= 4 is 28.9 Å². The van der Waals surface area contributed by atoms with E-state index < -0.39 is 0 Å². The van der Waals surface area contributed by atoms with E-state index in [1.54, 1.807) is 6.20 Å². The molecule has 34 heavy (non-hydrogen) atoms. The lowest BCUT2D eigenvalue weighted by Gasteiger charge is -2.28. The van der Waals surface area contributed by atoms with Crippen LogP contribution in [-0.4, -0.2) is 42.2 Å². The second kappa shape index (κ2) is 11.6. The fraction of sp³-hybridized carbons (Fsp3) is 0.370. The number of carbonyl (C=O) groups is 1. The van der Waals surface area contributed by atoms with Gasteiger partial charge in [-0.05, 0) is 55.3 Å². The van der Waals surface area contributed by atoms with Crippen LogP contribution in [0.15, 0.2) is 60.8 Å². The molecule has 2 N–H and O–H groups in total. The Labute approximate surface area is 201 Å². The number of hydrogen-bond acceptors (Lipinski definition) is 6. The lowest BCUT2D eigenvalue weighted by Crippen LogP contribution is -2.36. The summed E-state index contributed by atoms with van der Waals surface area (Å²) in [6.45, 7) is 7.53. The third-order valence-electron chi connectivity index (χ3n) is 6.10. The highest BCUT2D eigenvalue weighted by Gasteiger charge is 2.15. The lowest BCUT2D eigenvalue weighted by molar-refractivity contribution is -0.120. The van der Waals surface area contributed by atoms with Gasteiger partial charge in [0.1, 0.15) is 0 Å². The van der Waals surface area contributed by atoms with Crippen molar-refractivity contribution in [3.05, 3.63) is 60.8 Å². The maximum absolute atomic E-state index is 12.5. The minimum Gasteiger partial charge on any atom is -0.378 e. The largest absolute Gasteiger partial charge is 0.378 e. The Morgan fingerprint density at radius 2 is 1.71 bits per heavy atom. The van der Waals surface area contributed by atoms with Crippen LogP contribution in [0.4, 0.5) is 23.0 Å². The van der Waals surface area contributed by atoms with E-state index in [2.05, 4.69) is 51.5 Å². The second-order valence-electron chi connectivity index (χ2n) is 8.50. The van der Waals surface area contributed by atoms with E-state index in [9.17, 15) is 4.79 Å². The molecule has 1 atom stereocenters. The molecular weight excluding hydrogens is 426 g/mol. The molecule has 1 unspecified atom stereocenters. The summed E-state index contributed by atoms with van der Waals surface area (Å²) in [5.41, 5.74) is 4.71. The molecular formula is C27H33N5O2. The molecule has 2 heterocycles. The highest BCUT2D eigenvalue weighted by Crippen LogP contribution is 2.24. The van der Waals surface area contributed by atoms with Gasteiger partial charge >= 0.3 is 0 Å². The Bertz CT molecular complexity index is 1060. The monoisotopic (exact) mass is 459 g/mol. The second-order valence-corrected chi connectivity index (χ2v) is 8.50. The maximum Gasteiger partial charge on any atom is 0.227 e. The average molecular weight is 460 g/mol. The first kappa shape index (κ1) is 23.7. The Morgan fingerprint density at radius 1 is 1.00 bits per heavy atom. The molecule has 1 amide bonds. The first-order valence-corrected chi connectivity index (χ1v) is 12.1. The fourth-order valence-corrected chi connectivity index (χ4v) is 4.12. The molecule has 0 saturated carbocycles. The summed E-state index contributed by atoms with van der Waals surface area (Å²) in [5.74, 6) is 0.688. The standard InChI is InChI=1S/C27H33N5O2/c1-3-5-20(4-2)26(33)29-22-8-6-21(7-9-22)25-14-15-28-27(31-25)30-23-10-12-24(13-11-23)32-16-18-34-19-17-32/h6-15,20H,3-5,16-19H2,1-2H3,(H,29,33)(H,28,30,31). The summed E-state index contributed by atoms with van der Waals surface area (Å²) in [4.78, 5) is 23.8. The van der Waals surface area contributed by atoms with Gasteiger partial charge in [0.25, 0.3) is 0 Å². The fourth-order valence-electron chi connectivity index (χ4n) is 4.12. The van der Waals surface area contributed by atoms with Crippen LogP contribution in [0.1, 0.15) is 33.1 Å². The van der Waals surface area contributed by atoms with Crippen molar-refractivity contribution in [2.45, 2.75) is 33.1 Å². The van der Waals surface area contributed by atoms with Gasteiger partial charge < -0.3 is 20.3 Å². The van der Waals surface area contributed by atoms with Crippen LogP contribution in [-0.2, 0) is 9.53 Å². The molecule has 4 rings (SSSR count). The summed E-state index contributed by atoms with van der Waals surface area (Å²) in [5, 5.41) is 6.32. The van der Waals surface area contributed by atoms with Gasteiger partial charge in [0.05, 0.1) is 18.9 Å². The number of benzene rings is 2. The van der Waals surface area contributed by atoms with Gasteiger partial charge in [-0.15, -0.1) is 0 Å². The number of amides is 1. The Kier molecular flexibility index (Phi) is 8.09. The van der Waals surface area contributed by atoms with Crippen LogP contribution in [0, 0.1) is 5.92 Å². The lowest BCUT2D eigenvalue weighted by atomic mass is 10.00. The number of hydrogen-bond donors (Lipinski definition) is 2. The zero-order valence-corrected chi connectivity index (χ0v) is 20.0. The third-order valence-corrected chi connectivity index (χ3v) is 6.10. The molecule has 3 aromatic rings. The maximum atomic E-state index is 12.5. The number of nitrogens with zero attached hydrogens (tertiary/aromatic N) is 3. The number of rotatable bonds is 9. The van der Waals surface area contributed by atoms with Crippen molar-refractivity contribution in [2.24, 2.45) is 5.92 Å². The number of morpholine rings is 1. The van der Waals surface area contributed by atoms with Crippen LogP contribution in [0.5, 0.6) is 0 Å². The Hall–Kier alpha value is -3.45. The number of carbonyl (C=O) groups excluding carboxylic acids is 1. The minimum atomic E-state index is 0.0584. The van der Waals surface area contributed by atoms with Gasteiger partial charge in [0.15, 0.2) is 0 Å². The van der Waals surface area contributed by atoms with Crippen molar-refractivity contribution in [3.8, 4) is 11.3 Å². The zero-order chi connectivity index (χ0) is 23.8. The topological polar surface area (TPSA) is 79.4 Å². The summed E-state index contributed by atoms with van der Waals surface area (Å²) in [6.07, 6.45) is 4.52. The molecule has 1 aliphatic heterocycles. The van der Waals surface area contributed by atoms with Crippen molar-refractivity contribution in [2.75, 3.05) is 41.8 Å². The minimum absolute atomic E-state index is 0.0584. The van der Waals surface area contributed by atoms with Gasteiger partial charge in [0, 0.05) is 47.8 Å². The van der Waals surface area contributed by atoms with Crippen molar-refractivity contribution in [1.29, 1.82) is 0 Å². The summed E-state index contributed by atoms with van der Waals surface area (Å²) >= 11 is 0. The van der Waals surface area contributed by atoms with Crippen LogP contribution in [0.3, 0.4) is 0 Å². The predicted octanol–water partition coefficient (Wildman–Crippen LogP) is 5.49. The van der Waals surface area contributed by atoms with E-state index in [-0.39, 0.29) is 11.8 Å². The summed E-state index contributed by atoms with van der Waals surface area (Å²) in [7, 11) is 0. The molecule has 1 saturated heterocycles. The van der Waals surface area contributed by atoms with E-state index in [1.165, 1.54) is 5.69 Å². The smallest absolute Gasteiger partial charge is 0.227 e. The molecule has 7 heteroatoms. The molecule has 1 aromatic heterocycles. The average Bonchev–Trinajstić information content (AvgIpc) is 2.89. The Balaban J connectivity index is 1.39. The summed E-state index contributed by atoms with van der Waals surface area (Å²) in [6, 6.07) is 18.0. The quantitative estimate of drug-likeness (QED) is 0.441. The van der Waals surface area contributed by atoms with Crippen LogP contribution < -0.4 is 15.5 Å². The predicted molar refractivity (Wildman–Crippen MR) is 138 cm³/mol. The van der Waals surface area contributed by atoms with E-state index in [0.29, 0.717) is 5.95 Å².